The molecule has 1 saturated carbocycles. The molecule has 1 aliphatic carbocycles. The topological polar surface area (TPSA) is 40.5 Å². The summed E-state index contributed by atoms with van der Waals surface area (Å²) in [5, 5.41) is 9.20. The lowest BCUT2D eigenvalue weighted by Crippen LogP contribution is -2.33. The maximum absolute atomic E-state index is 11.2. The highest BCUT2D eigenvalue weighted by atomic mass is 16.4. The van der Waals surface area contributed by atoms with Crippen LogP contribution in [0.1, 0.15) is 53.4 Å². The standard InChI is InChI=1S/C17H31NO2/c1-12-9-18(11-15(12)16(19)20)10-13-5-7-14(8-6-13)17(2,3)4/h12-15H,5-11H2,1-4H3,(H,19,20). The minimum Gasteiger partial charge on any atom is -0.481 e. The van der Waals surface area contributed by atoms with Gasteiger partial charge in [-0.2, -0.15) is 0 Å². The number of carbonyl (C=O) groups is 1. The van der Waals surface area contributed by atoms with E-state index in [1.807, 2.05) is 0 Å². The summed E-state index contributed by atoms with van der Waals surface area (Å²) in [4.78, 5) is 13.6. The second-order valence-electron chi connectivity index (χ2n) is 8.22. The Kier molecular flexibility index (Phi) is 4.78. The molecule has 2 unspecified atom stereocenters. The molecule has 2 atom stereocenters. The molecule has 20 heavy (non-hydrogen) atoms. The van der Waals surface area contributed by atoms with Crippen molar-refractivity contribution in [3.63, 3.8) is 0 Å². The van der Waals surface area contributed by atoms with Crippen LogP contribution in [0.2, 0.25) is 0 Å². The minimum atomic E-state index is -0.614. The minimum absolute atomic E-state index is 0.152. The number of carboxylic acids is 1. The fraction of sp³-hybridized carbons (Fsp3) is 0.941. The quantitative estimate of drug-likeness (QED) is 0.861. The zero-order valence-corrected chi connectivity index (χ0v) is 13.6. The van der Waals surface area contributed by atoms with Crippen molar-refractivity contribution in [2.45, 2.75) is 53.4 Å². The van der Waals surface area contributed by atoms with Gasteiger partial charge in [0.2, 0.25) is 0 Å². The molecule has 116 valence electrons. The molecule has 0 aromatic carbocycles. The molecule has 0 spiro atoms. The van der Waals surface area contributed by atoms with Gasteiger partial charge >= 0.3 is 5.97 Å². The third-order valence-corrected chi connectivity index (χ3v) is 5.59. The van der Waals surface area contributed by atoms with Crippen molar-refractivity contribution < 1.29 is 9.90 Å². The van der Waals surface area contributed by atoms with Crippen LogP contribution < -0.4 is 0 Å². The van der Waals surface area contributed by atoms with Gasteiger partial charge in [0.05, 0.1) is 5.92 Å². The monoisotopic (exact) mass is 281 g/mol. The van der Waals surface area contributed by atoms with E-state index in [1.54, 1.807) is 0 Å². The number of rotatable bonds is 3. The molecular formula is C17H31NO2. The second kappa shape index (κ2) is 6.05. The van der Waals surface area contributed by atoms with Crippen molar-refractivity contribution in [2.75, 3.05) is 19.6 Å². The van der Waals surface area contributed by atoms with Crippen molar-refractivity contribution in [3.8, 4) is 0 Å². The first-order chi connectivity index (χ1) is 9.27. The molecule has 2 aliphatic rings. The molecule has 2 fully saturated rings. The number of likely N-dealkylation sites (tertiary alicyclic amines) is 1. The Morgan fingerprint density at radius 1 is 1.15 bits per heavy atom. The van der Waals surface area contributed by atoms with E-state index < -0.39 is 5.97 Å². The van der Waals surface area contributed by atoms with Gasteiger partial charge < -0.3 is 10.0 Å². The molecule has 3 nitrogen and oxygen atoms in total. The molecule has 1 N–H and O–H groups in total. The van der Waals surface area contributed by atoms with Crippen LogP contribution in [0, 0.1) is 29.1 Å². The summed E-state index contributed by atoms with van der Waals surface area (Å²) in [7, 11) is 0. The van der Waals surface area contributed by atoms with Crippen molar-refractivity contribution in [1.29, 1.82) is 0 Å². The van der Waals surface area contributed by atoms with E-state index in [0.717, 1.165) is 31.5 Å². The largest absolute Gasteiger partial charge is 0.481 e. The lowest BCUT2D eigenvalue weighted by Gasteiger charge is -2.38. The average Bonchev–Trinajstić information content (AvgIpc) is 2.70. The van der Waals surface area contributed by atoms with Gasteiger partial charge in [0.25, 0.3) is 0 Å². The van der Waals surface area contributed by atoms with Gasteiger partial charge in [-0.25, -0.2) is 0 Å². The van der Waals surface area contributed by atoms with E-state index in [-0.39, 0.29) is 5.92 Å². The Bertz CT molecular complexity index is 339. The maximum atomic E-state index is 11.2. The fourth-order valence-corrected chi connectivity index (χ4v) is 4.11. The molecule has 0 radical (unpaired) electrons. The number of hydrogen-bond donors (Lipinski definition) is 1. The normalized spacial score (nSPS) is 36.2. The third kappa shape index (κ3) is 3.75. The summed E-state index contributed by atoms with van der Waals surface area (Å²) in [5.41, 5.74) is 0.446. The van der Waals surface area contributed by atoms with Crippen LogP contribution in [0.4, 0.5) is 0 Å². The van der Waals surface area contributed by atoms with E-state index in [9.17, 15) is 9.90 Å². The smallest absolute Gasteiger partial charge is 0.308 e. The van der Waals surface area contributed by atoms with Crippen LogP contribution in [0.3, 0.4) is 0 Å². The van der Waals surface area contributed by atoms with E-state index >= 15 is 0 Å². The number of nitrogens with zero attached hydrogens (tertiary/aromatic N) is 1. The van der Waals surface area contributed by atoms with E-state index in [0.29, 0.717) is 11.3 Å². The molecule has 3 heteroatoms. The van der Waals surface area contributed by atoms with Gasteiger partial charge in [0, 0.05) is 19.6 Å². The number of hydrogen-bond acceptors (Lipinski definition) is 2. The third-order valence-electron chi connectivity index (χ3n) is 5.59. The first-order valence-electron chi connectivity index (χ1n) is 8.22. The van der Waals surface area contributed by atoms with Crippen LogP contribution >= 0.6 is 0 Å². The molecule has 0 amide bonds. The zero-order chi connectivity index (χ0) is 14.9. The van der Waals surface area contributed by atoms with Crippen LogP contribution in [0.25, 0.3) is 0 Å². The van der Waals surface area contributed by atoms with Crippen molar-refractivity contribution in [2.24, 2.45) is 29.1 Å². The molecule has 0 aromatic heterocycles. The molecular weight excluding hydrogens is 250 g/mol. The Balaban J connectivity index is 1.78. The van der Waals surface area contributed by atoms with Gasteiger partial charge in [-0.1, -0.05) is 27.7 Å². The Hall–Kier alpha value is -0.570. The van der Waals surface area contributed by atoms with Crippen LogP contribution in [0.5, 0.6) is 0 Å². The average molecular weight is 281 g/mol. The summed E-state index contributed by atoms with van der Waals surface area (Å²) < 4.78 is 0. The molecule has 1 heterocycles. The summed E-state index contributed by atoms with van der Waals surface area (Å²) in [5.74, 6) is 1.19. The zero-order valence-electron chi connectivity index (χ0n) is 13.6. The lowest BCUT2D eigenvalue weighted by atomic mass is 9.70. The first kappa shape index (κ1) is 15.8. The van der Waals surface area contributed by atoms with Gasteiger partial charge in [-0.05, 0) is 48.9 Å². The van der Waals surface area contributed by atoms with E-state index in [1.165, 1.54) is 25.7 Å². The van der Waals surface area contributed by atoms with Gasteiger partial charge in [0.1, 0.15) is 0 Å². The highest BCUT2D eigenvalue weighted by Crippen LogP contribution is 2.40. The number of carboxylic acid groups (broad SMARTS) is 1. The summed E-state index contributed by atoms with van der Waals surface area (Å²) in [6.45, 7) is 12.0. The molecule has 0 aromatic rings. The Morgan fingerprint density at radius 2 is 1.75 bits per heavy atom. The number of aliphatic carboxylic acids is 1. The van der Waals surface area contributed by atoms with Gasteiger partial charge in [-0.3, -0.25) is 4.79 Å². The fourth-order valence-electron chi connectivity index (χ4n) is 4.11. The van der Waals surface area contributed by atoms with Gasteiger partial charge in [0.15, 0.2) is 0 Å². The van der Waals surface area contributed by atoms with E-state index in [4.69, 9.17) is 0 Å². The van der Waals surface area contributed by atoms with Crippen LogP contribution in [-0.2, 0) is 4.79 Å². The van der Waals surface area contributed by atoms with Crippen LogP contribution in [0.15, 0.2) is 0 Å². The van der Waals surface area contributed by atoms with Gasteiger partial charge in [-0.15, -0.1) is 0 Å². The predicted octanol–water partition coefficient (Wildman–Crippen LogP) is 3.49. The van der Waals surface area contributed by atoms with Crippen molar-refractivity contribution >= 4 is 5.97 Å². The highest BCUT2D eigenvalue weighted by Gasteiger charge is 2.36. The highest BCUT2D eigenvalue weighted by molar-refractivity contribution is 5.71. The van der Waals surface area contributed by atoms with E-state index in [2.05, 4.69) is 32.6 Å². The molecule has 0 bridgehead atoms. The molecule has 1 aliphatic heterocycles. The first-order valence-corrected chi connectivity index (χ1v) is 8.22. The van der Waals surface area contributed by atoms with Crippen LogP contribution in [-0.4, -0.2) is 35.6 Å². The lowest BCUT2D eigenvalue weighted by molar-refractivity contribution is -0.142. The second-order valence-corrected chi connectivity index (χ2v) is 8.22. The van der Waals surface area contributed by atoms with Crippen molar-refractivity contribution in [3.05, 3.63) is 0 Å². The molecule has 2 rings (SSSR count). The SMILES string of the molecule is CC1CN(CC2CCC(C(C)(C)C)CC2)CC1C(=O)O. The Labute approximate surface area is 123 Å². The maximum Gasteiger partial charge on any atom is 0.308 e. The summed E-state index contributed by atoms with van der Waals surface area (Å²) >= 11 is 0. The summed E-state index contributed by atoms with van der Waals surface area (Å²) in [6, 6.07) is 0. The Morgan fingerprint density at radius 3 is 2.20 bits per heavy atom. The van der Waals surface area contributed by atoms with Crippen molar-refractivity contribution in [1.82, 2.24) is 4.90 Å². The molecule has 1 saturated heterocycles. The summed E-state index contributed by atoms with van der Waals surface area (Å²) in [6.07, 6.45) is 5.34. The predicted molar refractivity (Wildman–Crippen MR) is 81.6 cm³/mol.